The van der Waals surface area contributed by atoms with Gasteiger partial charge in [0.05, 0.1) is 12.1 Å². The smallest absolute Gasteiger partial charge is 0.260 e. The lowest BCUT2D eigenvalue weighted by Gasteiger charge is -2.14. The van der Waals surface area contributed by atoms with E-state index in [9.17, 15) is 4.79 Å². The largest absolute Gasteiger partial charge is 0.472 e. The zero-order valence-corrected chi connectivity index (χ0v) is 13.9. The molecule has 0 radical (unpaired) electrons. The second-order valence-corrected chi connectivity index (χ2v) is 5.74. The Bertz CT molecular complexity index is 871. The van der Waals surface area contributed by atoms with Crippen LogP contribution in [0, 0.1) is 13.8 Å². The quantitative estimate of drug-likeness (QED) is 0.723. The van der Waals surface area contributed by atoms with Crippen LogP contribution in [0.5, 0.6) is 5.88 Å². The minimum atomic E-state index is -0.0607. The van der Waals surface area contributed by atoms with Crippen molar-refractivity contribution in [2.24, 2.45) is 0 Å². The monoisotopic (exact) mass is 320 g/mol. The molecule has 122 valence electrons. The molecule has 0 aliphatic carbocycles. The van der Waals surface area contributed by atoms with Crippen LogP contribution in [-0.2, 0) is 13.2 Å². The molecule has 4 nitrogen and oxygen atoms in total. The second kappa shape index (κ2) is 7.13. The number of aryl methyl sites for hydroxylation is 1. The van der Waals surface area contributed by atoms with Crippen molar-refractivity contribution in [1.29, 1.82) is 0 Å². The zero-order valence-electron chi connectivity index (χ0n) is 13.9. The van der Waals surface area contributed by atoms with Gasteiger partial charge in [0.2, 0.25) is 5.88 Å². The van der Waals surface area contributed by atoms with Gasteiger partial charge in [-0.05, 0) is 25.0 Å². The highest BCUT2D eigenvalue weighted by molar-refractivity contribution is 5.25. The second-order valence-electron chi connectivity index (χ2n) is 5.74. The Balaban J connectivity index is 1.84. The number of benzene rings is 2. The molecule has 24 heavy (non-hydrogen) atoms. The van der Waals surface area contributed by atoms with E-state index in [-0.39, 0.29) is 5.56 Å². The van der Waals surface area contributed by atoms with E-state index in [2.05, 4.69) is 4.98 Å². The first-order valence-corrected chi connectivity index (χ1v) is 7.94. The molecule has 0 spiro atoms. The zero-order chi connectivity index (χ0) is 16.9. The van der Waals surface area contributed by atoms with Crippen LogP contribution < -0.4 is 10.3 Å². The van der Waals surface area contributed by atoms with E-state index in [0.29, 0.717) is 30.4 Å². The molecular formula is C20H20N2O2. The number of hydrogen-bond donors (Lipinski definition) is 0. The lowest BCUT2D eigenvalue weighted by molar-refractivity contribution is 0.288. The van der Waals surface area contributed by atoms with E-state index in [1.807, 2.05) is 67.6 Å². The molecule has 3 aromatic rings. The predicted octanol–water partition coefficient (Wildman–Crippen LogP) is 3.49. The molecule has 4 heteroatoms. The number of nitrogens with zero attached hydrogens (tertiary/aromatic N) is 2. The van der Waals surface area contributed by atoms with Gasteiger partial charge in [-0.25, -0.2) is 0 Å². The third kappa shape index (κ3) is 3.54. The van der Waals surface area contributed by atoms with Crippen molar-refractivity contribution >= 4 is 0 Å². The summed E-state index contributed by atoms with van der Waals surface area (Å²) < 4.78 is 7.45. The molecule has 0 N–H and O–H groups in total. The molecule has 0 fully saturated rings. The Kier molecular flexibility index (Phi) is 4.75. The third-order valence-electron chi connectivity index (χ3n) is 3.94. The lowest BCUT2D eigenvalue weighted by atomic mass is 10.2. The fourth-order valence-corrected chi connectivity index (χ4v) is 2.55. The molecule has 0 aliphatic rings. The van der Waals surface area contributed by atoms with Gasteiger partial charge in [-0.2, -0.15) is 4.98 Å². The fraction of sp³-hybridized carbons (Fsp3) is 0.200. The minimum Gasteiger partial charge on any atom is -0.472 e. The van der Waals surface area contributed by atoms with Crippen LogP contribution in [0.25, 0.3) is 0 Å². The summed E-state index contributed by atoms with van der Waals surface area (Å²) in [5.41, 5.74) is 2.59. The average Bonchev–Trinajstić information content (AvgIpc) is 2.62. The molecule has 2 aromatic carbocycles. The Morgan fingerprint density at radius 3 is 2.12 bits per heavy atom. The van der Waals surface area contributed by atoms with Crippen LogP contribution >= 0.6 is 0 Å². The maximum atomic E-state index is 12.7. The molecule has 0 amide bonds. The molecule has 0 atom stereocenters. The first-order chi connectivity index (χ1) is 11.6. The Morgan fingerprint density at radius 2 is 1.50 bits per heavy atom. The molecular weight excluding hydrogens is 300 g/mol. The third-order valence-corrected chi connectivity index (χ3v) is 3.94. The van der Waals surface area contributed by atoms with Crippen molar-refractivity contribution in [2.45, 2.75) is 27.0 Å². The number of hydrogen-bond acceptors (Lipinski definition) is 3. The van der Waals surface area contributed by atoms with Crippen LogP contribution in [0.15, 0.2) is 65.5 Å². The molecule has 1 aromatic heterocycles. The van der Waals surface area contributed by atoms with E-state index in [0.717, 1.165) is 11.1 Å². The molecule has 0 saturated carbocycles. The number of rotatable bonds is 5. The van der Waals surface area contributed by atoms with Crippen molar-refractivity contribution in [2.75, 3.05) is 0 Å². The van der Waals surface area contributed by atoms with Gasteiger partial charge in [0, 0.05) is 0 Å². The standard InChI is InChI=1S/C20H20N2O2/c1-15-19(24-14-18-11-7-4-8-12-18)21-16(2)22(20(15)23)13-17-9-5-3-6-10-17/h3-12H,13-14H2,1-2H3. The van der Waals surface area contributed by atoms with E-state index in [1.54, 1.807) is 11.5 Å². The van der Waals surface area contributed by atoms with E-state index >= 15 is 0 Å². The van der Waals surface area contributed by atoms with E-state index in [4.69, 9.17) is 4.74 Å². The van der Waals surface area contributed by atoms with E-state index < -0.39 is 0 Å². The van der Waals surface area contributed by atoms with Gasteiger partial charge < -0.3 is 4.74 Å². The van der Waals surface area contributed by atoms with Crippen LogP contribution in [0.4, 0.5) is 0 Å². The highest BCUT2D eigenvalue weighted by atomic mass is 16.5. The molecule has 1 heterocycles. The summed E-state index contributed by atoms with van der Waals surface area (Å²) >= 11 is 0. The summed E-state index contributed by atoms with van der Waals surface area (Å²) in [6.07, 6.45) is 0. The van der Waals surface area contributed by atoms with Gasteiger partial charge in [0.25, 0.3) is 5.56 Å². The number of aromatic nitrogens is 2. The first-order valence-electron chi connectivity index (χ1n) is 7.94. The Morgan fingerprint density at radius 1 is 0.917 bits per heavy atom. The maximum absolute atomic E-state index is 12.7. The van der Waals surface area contributed by atoms with Gasteiger partial charge >= 0.3 is 0 Å². The summed E-state index contributed by atoms with van der Waals surface area (Å²) in [5, 5.41) is 0. The highest BCUT2D eigenvalue weighted by Crippen LogP contribution is 2.14. The number of ether oxygens (including phenoxy) is 1. The van der Waals surface area contributed by atoms with Crippen molar-refractivity contribution in [1.82, 2.24) is 9.55 Å². The summed E-state index contributed by atoms with van der Waals surface area (Å²) in [5.74, 6) is 1.06. The normalized spacial score (nSPS) is 10.6. The molecule has 0 aliphatic heterocycles. The van der Waals surface area contributed by atoms with Gasteiger partial charge in [0.1, 0.15) is 12.4 Å². The van der Waals surface area contributed by atoms with Gasteiger partial charge in [-0.3, -0.25) is 9.36 Å². The molecule has 0 bridgehead atoms. The van der Waals surface area contributed by atoms with Gasteiger partial charge in [-0.15, -0.1) is 0 Å². The Labute approximate surface area is 141 Å². The molecule has 3 rings (SSSR count). The lowest BCUT2D eigenvalue weighted by Crippen LogP contribution is -2.27. The SMILES string of the molecule is Cc1c(OCc2ccccc2)nc(C)n(Cc2ccccc2)c1=O. The summed E-state index contributed by atoms with van der Waals surface area (Å²) in [6, 6.07) is 19.7. The highest BCUT2D eigenvalue weighted by Gasteiger charge is 2.12. The van der Waals surface area contributed by atoms with Crippen molar-refractivity contribution in [3.63, 3.8) is 0 Å². The van der Waals surface area contributed by atoms with Crippen molar-refractivity contribution < 1.29 is 4.74 Å². The average molecular weight is 320 g/mol. The summed E-state index contributed by atoms with van der Waals surface area (Å²) in [6.45, 7) is 4.50. The van der Waals surface area contributed by atoms with Crippen molar-refractivity contribution in [3.8, 4) is 5.88 Å². The Hall–Kier alpha value is -2.88. The molecule has 0 saturated heterocycles. The van der Waals surface area contributed by atoms with Gasteiger partial charge in [-0.1, -0.05) is 60.7 Å². The maximum Gasteiger partial charge on any atom is 0.260 e. The fourth-order valence-electron chi connectivity index (χ4n) is 2.55. The minimum absolute atomic E-state index is 0.0607. The summed E-state index contributed by atoms with van der Waals surface area (Å²) in [7, 11) is 0. The van der Waals surface area contributed by atoms with Crippen LogP contribution in [0.1, 0.15) is 22.5 Å². The predicted molar refractivity (Wildman–Crippen MR) is 94.3 cm³/mol. The van der Waals surface area contributed by atoms with Crippen LogP contribution in [0.2, 0.25) is 0 Å². The topological polar surface area (TPSA) is 44.1 Å². The van der Waals surface area contributed by atoms with E-state index in [1.165, 1.54) is 0 Å². The van der Waals surface area contributed by atoms with Crippen LogP contribution in [0.3, 0.4) is 0 Å². The molecule has 0 unspecified atom stereocenters. The van der Waals surface area contributed by atoms with Gasteiger partial charge in [0.15, 0.2) is 0 Å². The first kappa shape index (κ1) is 16.0. The summed E-state index contributed by atoms with van der Waals surface area (Å²) in [4.78, 5) is 17.2. The van der Waals surface area contributed by atoms with Crippen molar-refractivity contribution in [3.05, 3.63) is 93.5 Å². The van der Waals surface area contributed by atoms with Crippen LogP contribution in [-0.4, -0.2) is 9.55 Å².